The van der Waals surface area contributed by atoms with Gasteiger partial charge < -0.3 is 19.6 Å². The molecular formula is C23H42N4O2. The van der Waals surface area contributed by atoms with Crippen LogP contribution in [0.25, 0.3) is 0 Å². The third kappa shape index (κ3) is 5.13. The molecule has 0 aliphatic carbocycles. The standard InChI is InChI=1S/C21H36N4O2.C2H6/c1-3-22-13-21(14-22)15-23(16-21)12-18-4-8-25(9-5-18)20(27)19-6-10-24(11-7-19)17(2)26;1-2/h18-19H,3-16H2,1-2H3;1-2H3. The van der Waals surface area contributed by atoms with E-state index in [2.05, 4.69) is 21.6 Å². The highest BCUT2D eigenvalue weighted by molar-refractivity contribution is 5.79. The van der Waals surface area contributed by atoms with Crippen LogP contribution in [0, 0.1) is 17.3 Å². The molecule has 0 aromatic heterocycles. The lowest BCUT2D eigenvalue weighted by atomic mass is 9.72. The fraction of sp³-hybridized carbons (Fsp3) is 0.913. The van der Waals surface area contributed by atoms with E-state index in [4.69, 9.17) is 0 Å². The molecule has 6 heteroatoms. The summed E-state index contributed by atoms with van der Waals surface area (Å²) in [5.41, 5.74) is 0.626. The molecule has 6 nitrogen and oxygen atoms in total. The number of amides is 2. The first-order valence-corrected chi connectivity index (χ1v) is 12.0. The molecule has 0 radical (unpaired) electrons. The molecule has 4 aliphatic rings. The van der Waals surface area contributed by atoms with E-state index in [1.54, 1.807) is 6.92 Å². The Labute approximate surface area is 177 Å². The van der Waals surface area contributed by atoms with Gasteiger partial charge in [0.25, 0.3) is 0 Å². The maximum Gasteiger partial charge on any atom is 0.225 e. The van der Waals surface area contributed by atoms with Gasteiger partial charge in [-0.1, -0.05) is 20.8 Å². The molecule has 2 amide bonds. The first-order chi connectivity index (χ1) is 14.0. The van der Waals surface area contributed by atoms with Crippen LogP contribution in [0.15, 0.2) is 0 Å². The van der Waals surface area contributed by atoms with Crippen LogP contribution in [0.1, 0.15) is 53.4 Å². The van der Waals surface area contributed by atoms with Crippen molar-refractivity contribution in [1.29, 1.82) is 0 Å². The molecule has 4 fully saturated rings. The predicted molar refractivity (Wildman–Crippen MR) is 117 cm³/mol. The van der Waals surface area contributed by atoms with E-state index in [9.17, 15) is 9.59 Å². The first kappa shape index (κ1) is 22.5. The highest BCUT2D eigenvalue weighted by Gasteiger charge is 2.51. The van der Waals surface area contributed by atoms with Gasteiger partial charge >= 0.3 is 0 Å². The van der Waals surface area contributed by atoms with Crippen LogP contribution in [0.2, 0.25) is 0 Å². The SMILES string of the molecule is CC.CCN1CC2(C1)CN(CC1CCN(C(=O)C3CCN(C(C)=O)CC3)CC1)C2. The second-order valence-corrected chi connectivity index (χ2v) is 9.52. The molecule has 0 unspecified atom stereocenters. The van der Waals surface area contributed by atoms with Crippen LogP contribution >= 0.6 is 0 Å². The fourth-order valence-electron chi connectivity index (χ4n) is 5.76. The third-order valence-electron chi connectivity index (χ3n) is 7.42. The zero-order chi connectivity index (χ0) is 21.0. The molecule has 4 aliphatic heterocycles. The summed E-state index contributed by atoms with van der Waals surface area (Å²) in [4.78, 5) is 33.4. The minimum atomic E-state index is 0.132. The van der Waals surface area contributed by atoms with Crippen molar-refractivity contribution in [3.8, 4) is 0 Å². The Balaban J connectivity index is 0.00000117. The minimum absolute atomic E-state index is 0.132. The fourth-order valence-corrected chi connectivity index (χ4v) is 5.76. The Morgan fingerprint density at radius 1 is 0.828 bits per heavy atom. The number of carbonyl (C=O) groups excluding carboxylic acids is 2. The lowest BCUT2D eigenvalue weighted by molar-refractivity contribution is -0.142. The highest BCUT2D eigenvalue weighted by atomic mass is 16.2. The Morgan fingerprint density at radius 3 is 1.86 bits per heavy atom. The number of piperidine rings is 2. The topological polar surface area (TPSA) is 47.1 Å². The van der Waals surface area contributed by atoms with Crippen molar-refractivity contribution in [2.24, 2.45) is 17.3 Å². The van der Waals surface area contributed by atoms with E-state index in [-0.39, 0.29) is 11.8 Å². The van der Waals surface area contributed by atoms with Gasteiger partial charge in [0, 0.05) is 77.2 Å². The van der Waals surface area contributed by atoms with Gasteiger partial charge in [0.2, 0.25) is 11.8 Å². The van der Waals surface area contributed by atoms with Crippen molar-refractivity contribution in [2.75, 3.05) is 65.4 Å². The van der Waals surface area contributed by atoms with Gasteiger partial charge in [0.15, 0.2) is 0 Å². The van der Waals surface area contributed by atoms with E-state index in [1.807, 2.05) is 18.7 Å². The van der Waals surface area contributed by atoms with E-state index >= 15 is 0 Å². The van der Waals surface area contributed by atoms with E-state index in [0.29, 0.717) is 11.3 Å². The molecule has 0 atom stereocenters. The van der Waals surface area contributed by atoms with Crippen molar-refractivity contribution in [1.82, 2.24) is 19.6 Å². The van der Waals surface area contributed by atoms with Gasteiger partial charge in [-0.2, -0.15) is 0 Å². The predicted octanol–water partition coefficient (Wildman–Crippen LogP) is 2.15. The van der Waals surface area contributed by atoms with Gasteiger partial charge in [-0.25, -0.2) is 0 Å². The van der Waals surface area contributed by atoms with Crippen molar-refractivity contribution < 1.29 is 9.59 Å². The average Bonchev–Trinajstić information content (AvgIpc) is 2.70. The Morgan fingerprint density at radius 2 is 1.34 bits per heavy atom. The van der Waals surface area contributed by atoms with Crippen LogP contribution in [0.3, 0.4) is 0 Å². The van der Waals surface area contributed by atoms with Crippen molar-refractivity contribution in [3.63, 3.8) is 0 Å². The van der Waals surface area contributed by atoms with E-state index < -0.39 is 0 Å². The molecule has 0 saturated carbocycles. The Hall–Kier alpha value is -1.14. The molecule has 0 N–H and O–H groups in total. The summed E-state index contributed by atoms with van der Waals surface area (Å²) >= 11 is 0. The maximum atomic E-state index is 12.8. The minimum Gasteiger partial charge on any atom is -0.343 e. The summed E-state index contributed by atoms with van der Waals surface area (Å²) < 4.78 is 0. The van der Waals surface area contributed by atoms with Gasteiger partial charge in [0.1, 0.15) is 0 Å². The normalized spacial score (nSPS) is 25.8. The summed E-state index contributed by atoms with van der Waals surface area (Å²) in [6.07, 6.45) is 3.98. The van der Waals surface area contributed by atoms with Gasteiger partial charge in [-0.05, 0) is 38.1 Å². The summed E-state index contributed by atoms with van der Waals surface area (Å²) in [6, 6.07) is 0. The molecule has 1 spiro atoms. The molecule has 29 heavy (non-hydrogen) atoms. The van der Waals surface area contributed by atoms with Crippen LogP contribution < -0.4 is 0 Å². The molecule has 0 bridgehead atoms. The third-order valence-corrected chi connectivity index (χ3v) is 7.42. The number of hydrogen-bond acceptors (Lipinski definition) is 4. The number of nitrogens with zero attached hydrogens (tertiary/aromatic N) is 4. The van der Waals surface area contributed by atoms with Crippen LogP contribution in [0.5, 0.6) is 0 Å². The summed E-state index contributed by atoms with van der Waals surface area (Å²) in [5.74, 6) is 1.37. The van der Waals surface area contributed by atoms with Crippen molar-refractivity contribution in [2.45, 2.75) is 53.4 Å². The Bertz CT molecular complexity index is 551. The molecule has 4 heterocycles. The molecule has 4 rings (SSSR count). The quantitative estimate of drug-likeness (QED) is 0.718. The number of hydrogen-bond donors (Lipinski definition) is 0. The summed E-state index contributed by atoms with van der Waals surface area (Å²) in [6.45, 7) is 18.8. The monoisotopic (exact) mass is 406 g/mol. The second-order valence-electron chi connectivity index (χ2n) is 9.52. The average molecular weight is 407 g/mol. The number of carbonyl (C=O) groups is 2. The molecule has 0 aromatic carbocycles. The van der Waals surface area contributed by atoms with E-state index in [0.717, 1.165) is 57.8 Å². The van der Waals surface area contributed by atoms with Crippen LogP contribution in [-0.2, 0) is 9.59 Å². The van der Waals surface area contributed by atoms with Gasteiger partial charge in [-0.15, -0.1) is 0 Å². The summed E-state index contributed by atoms with van der Waals surface area (Å²) in [5, 5.41) is 0. The largest absolute Gasteiger partial charge is 0.343 e. The lowest BCUT2D eigenvalue weighted by Crippen LogP contribution is -2.72. The summed E-state index contributed by atoms with van der Waals surface area (Å²) in [7, 11) is 0. The van der Waals surface area contributed by atoms with Gasteiger partial charge in [0.05, 0.1) is 0 Å². The number of likely N-dealkylation sites (tertiary alicyclic amines) is 4. The van der Waals surface area contributed by atoms with E-state index in [1.165, 1.54) is 39.3 Å². The maximum absolute atomic E-state index is 12.8. The lowest BCUT2D eigenvalue weighted by Gasteiger charge is -2.61. The second kappa shape index (κ2) is 9.78. The molecule has 0 aromatic rings. The Kier molecular flexibility index (Phi) is 7.60. The van der Waals surface area contributed by atoms with Crippen molar-refractivity contribution in [3.05, 3.63) is 0 Å². The number of rotatable bonds is 4. The van der Waals surface area contributed by atoms with Crippen molar-refractivity contribution >= 4 is 11.8 Å². The zero-order valence-corrected chi connectivity index (χ0v) is 19.2. The molecule has 166 valence electrons. The van der Waals surface area contributed by atoms with Crippen LogP contribution in [0.4, 0.5) is 0 Å². The highest BCUT2D eigenvalue weighted by Crippen LogP contribution is 2.40. The first-order valence-electron chi connectivity index (χ1n) is 12.0. The van der Waals surface area contributed by atoms with Gasteiger partial charge in [-0.3, -0.25) is 9.59 Å². The zero-order valence-electron chi connectivity index (χ0n) is 19.2. The van der Waals surface area contributed by atoms with Crippen LogP contribution in [-0.4, -0.2) is 96.9 Å². The smallest absolute Gasteiger partial charge is 0.225 e. The molecule has 4 saturated heterocycles. The molecular weight excluding hydrogens is 364 g/mol.